The zero-order chi connectivity index (χ0) is 15.7. The predicted molar refractivity (Wildman–Crippen MR) is 95.6 cm³/mol. The monoisotopic (exact) mass is 346 g/mol. The van der Waals surface area contributed by atoms with Gasteiger partial charge in [-0.05, 0) is 25.2 Å². The molecule has 1 fully saturated rings. The summed E-state index contributed by atoms with van der Waals surface area (Å²) in [4.78, 5) is 22.3. The van der Waals surface area contributed by atoms with E-state index in [0.717, 1.165) is 42.4 Å². The highest BCUT2D eigenvalue weighted by Gasteiger charge is 2.42. The summed E-state index contributed by atoms with van der Waals surface area (Å²) < 4.78 is 0. The number of pyridine rings is 1. The molecule has 126 valence electrons. The molecule has 6 nitrogen and oxygen atoms in total. The Bertz CT molecular complexity index is 782. The maximum atomic E-state index is 12.5. The molecule has 1 aromatic carbocycles. The molecule has 1 amide bonds. The largest absolute Gasteiger partial charge is 0.388 e. The molecule has 3 heterocycles. The predicted octanol–water partition coefficient (Wildman–Crippen LogP) is 2.49. The van der Waals surface area contributed by atoms with Crippen molar-refractivity contribution in [2.24, 2.45) is 5.16 Å². The van der Waals surface area contributed by atoms with Crippen LogP contribution in [-0.2, 0) is 9.63 Å². The Morgan fingerprint density at radius 2 is 2.08 bits per heavy atom. The number of aromatic nitrogens is 1. The van der Waals surface area contributed by atoms with Crippen LogP contribution in [0.2, 0.25) is 0 Å². The summed E-state index contributed by atoms with van der Waals surface area (Å²) in [5, 5.41) is 12.3. The van der Waals surface area contributed by atoms with Crippen LogP contribution in [0.5, 0.6) is 0 Å². The van der Waals surface area contributed by atoms with Crippen molar-refractivity contribution in [3.8, 4) is 0 Å². The molecule has 0 radical (unpaired) electrons. The summed E-state index contributed by atoms with van der Waals surface area (Å²) in [6, 6.07) is 7.65. The number of nitrogens with one attached hydrogen (secondary N) is 2. The van der Waals surface area contributed by atoms with Crippen LogP contribution in [0.1, 0.15) is 19.3 Å². The number of carbonyl (C=O) groups excluding carboxylic acids is 1. The van der Waals surface area contributed by atoms with Crippen LogP contribution in [0.4, 0.5) is 5.69 Å². The summed E-state index contributed by atoms with van der Waals surface area (Å²) in [6.45, 7) is 1.81. The van der Waals surface area contributed by atoms with E-state index in [9.17, 15) is 4.79 Å². The highest BCUT2D eigenvalue weighted by Crippen LogP contribution is 2.33. The van der Waals surface area contributed by atoms with Gasteiger partial charge in [-0.1, -0.05) is 17.3 Å². The number of nitrogens with zero attached hydrogens (tertiary/aromatic N) is 2. The van der Waals surface area contributed by atoms with E-state index >= 15 is 0 Å². The molecule has 7 heteroatoms. The van der Waals surface area contributed by atoms with E-state index in [1.807, 2.05) is 24.3 Å². The number of benzene rings is 1. The number of carbonyl (C=O) groups is 1. The highest BCUT2D eigenvalue weighted by atomic mass is 35.5. The van der Waals surface area contributed by atoms with Gasteiger partial charge in [-0.25, -0.2) is 0 Å². The van der Waals surface area contributed by atoms with Gasteiger partial charge in [-0.3, -0.25) is 9.78 Å². The zero-order valence-electron chi connectivity index (χ0n) is 13.1. The first-order chi connectivity index (χ1) is 11.3. The summed E-state index contributed by atoms with van der Waals surface area (Å²) in [5.74, 6) is -0.190. The quantitative estimate of drug-likeness (QED) is 0.876. The van der Waals surface area contributed by atoms with E-state index in [0.29, 0.717) is 12.1 Å². The second-order valence-corrected chi connectivity index (χ2v) is 6.10. The first kappa shape index (κ1) is 16.7. The van der Waals surface area contributed by atoms with Gasteiger partial charge in [0, 0.05) is 48.1 Å². The van der Waals surface area contributed by atoms with Crippen molar-refractivity contribution in [3.63, 3.8) is 0 Å². The third kappa shape index (κ3) is 3.07. The van der Waals surface area contributed by atoms with Gasteiger partial charge in [0.2, 0.25) is 0 Å². The summed E-state index contributed by atoms with van der Waals surface area (Å²) in [7, 11) is 0. The fraction of sp³-hybridized carbons (Fsp3) is 0.353. The number of fused-ring (bicyclic) bond motifs is 1. The zero-order valence-corrected chi connectivity index (χ0v) is 13.9. The minimum absolute atomic E-state index is 0. The number of hydrogen-bond donors (Lipinski definition) is 2. The SMILES string of the molecule is Cl.O=C(Nc1cccc2cnccc12)C1=NOC2(CCNCC2)C1. The van der Waals surface area contributed by atoms with Crippen molar-refractivity contribution in [2.45, 2.75) is 24.9 Å². The Morgan fingerprint density at radius 3 is 2.92 bits per heavy atom. The Kier molecular flexibility index (Phi) is 4.69. The van der Waals surface area contributed by atoms with Gasteiger partial charge in [0.05, 0.1) is 0 Å². The van der Waals surface area contributed by atoms with E-state index in [2.05, 4.69) is 20.8 Å². The topological polar surface area (TPSA) is 75.6 Å². The van der Waals surface area contributed by atoms with Crippen molar-refractivity contribution in [2.75, 3.05) is 18.4 Å². The molecule has 1 saturated heterocycles. The Morgan fingerprint density at radius 1 is 1.25 bits per heavy atom. The van der Waals surface area contributed by atoms with E-state index in [1.54, 1.807) is 12.4 Å². The van der Waals surface area contributed by atoms with Crippen LogP contribution >= 0.6 is 12.4 Å². The van der Waals surface area contributed by atoms with Crippen molar-refractivity contribution in [1.82, 2.24) is 10.3 Å². The average molecular weight is 347 g/mol. The normalized spacial score (nSPS) is 18.6. The van der Waals surface area contributed by atoms with Gasteiger partial charge in [0.25, 0.3) is 5.91 Å². The summed E-state index contributed by atoms with van der Waals surface area (Å²) >= 11 is 0. The standard InChI is InChI=1S/C17H18N4O2.ClH/c22-16(15-10-17(23-21-15)5-8-18-9-6-17)20-14-3-1-2-12-11-19-7-4-13(12)14;/h1-4,7,11,18H,5-6,8-10H2,(H,20,22);1H. The molecule has 0 unspecified atom stereocenters. The lowest BCUT2D eigenvalue weighted by molar-refractivity contribution is -0.110. The molecule has 0 atom stereocenters. The van der Waals surface area contributed by atoms with Gasteiger partial charge in [0.1, 0.15) is 11.3 Å². The fourth-order valence-electron chi connectivity index (χ4n) is 3.22. The number of amides is 1. The van der Waals surface area contributed by atoms with Gasteiger partial charge in [-0.15, -0.1) is 12.4 Å². The van der Waals surface area contributed by atoms with Crippen molar-refractivity contribution < 1.29 is 9.63 Å². The van der Waals surface area contributed by atoms with Crippen LogP contribution in [-0.4, -0.2) is 35.3 Å². The molecule has 4 rings (SSSR count). The molecule has 0 aliphatic carbocycles. The lowest BCUT2D eigenvalue weighted by Gasteiger charge is -2.30. The van der Waals surface area contributed by atoms with Gasteiger partial charge in [0.15, 0.2) is 0 Å². The number of rotatable bonds is 2. The molecule has 1 aromatic heterocycles. The number of piperidine rings is 1. The van der Waals surface area contributed by atoms with E-state index in [-0.39, 0.29) is 23.9 Å². The molecule has 0 saturated carbocycles. The smallest absolute Gasteiger partial charge is 0.273 e. The Balaban J connectivity index is 0.00000169. The van der Waals surface area contributed by atoms with Gasteiger partial charge >= 0.3 is 0 Å². The third-order valence-corrected chi connectivity index (χ3v) is 4.54. The summed E-state index contributed by atoms with van der Waals surface area (Å²) in [6.07, 6.45) is 5.84. The minimum Gasteiger partial charge on any atom is -0.388 e. The molecule has 0 bridgehead atoms. The van der Waals surface area contributed by atoms with Crippen LogP contribution < -0.4 is 10.6 Å². The lowest BCUT2D eigenvalue weighted by Crippen LogP contribution is -2.42. The minimum atomic E-state index is -0.291. The summed E-state index contributed by atoms with van der Waals surface area (Å²) in [5.41, 5.74) is 0.947. The number of anilines is 1. The molecule has 24 heavy (non-hydrogen) atoms. The molecular weight excluding hydrogens is 328 g/mol. The van der Waals surface area contributed by atoms with Crippen LogP contribution in [0.25, 0.3) is 10.8 Å². The number of hydrogen-bond acceptors (Lipinski definition) is 5. The first-order valence-electron chi connectivity index (χ1n) is 7.86. The van der Waals surface area contributed by atoms with Crippen molar-refractivity contribution in [1.29, 1.82) is 0 Å². The van der Waals surface area contributed by atoms with Crippen LogP contribution in [0, 0.1) is 0 Å². The molecule has 2 aromatic rings. The third-order valence-electron chi connectivity index (χ3n) is 4.54. The first-order valence-corrected chi connectivity index (χ1v) is 7.86. The molecule has 2 aliphatic heterocycles. The van der Waals surface area contributed by atoms with Gasteiger partial charge < -0.3 is 15.5 Å². The van der Waals surface area contributed by atoms with Crippen LogP contribution in [0.3, 0.4) is 0 Å². The Labute approximate surface area is 146 Å². The molecule has 1 spiro atoms. The lowest BCUT2D eigenvalue weighted by atomic mass is 9.87. The number of halogens is 1. The Hall–Kier alpha value is -2.18. The van der Waals surface area contributed by atoms with E-state index in [4.69, 9.17) is 4.84 Å². The fourth-order valence-corrected chi connectivity index (χ4v) is 3.22. The second-order valence-electron chi connectivity index (χ2n) is 6.10. The van der Waals surface area contributed by atoms with Crippen molar-refractivity contribution in [3.05, 3.63) is 36.7 Å². The average Bonchev–Trinajstić information content (AvgIpc) is 2.99. The molecule has 2 N–H and O–H groups in total. The maximum Gasteiger partial charge on any atom is 0.273 e. The molecule has 2 aliphatic rings. The second kappa shape index (κ2) is 6.75. The highest BCUT2D eigenvalue weighted by molar-refractivity contribution is 6.43. The van der Waals surface area contributed by atoms with Gasteiger partial charge in [-0.2, -0.15) is 0 Å². The molecular formula is C17H19ClN4O2. The van der Waals surface area contributed by atoms with Crippen molar-refractivity contribution >= 4 is 40.5 Å². The van der Waals surface area contributed by atoms with E-state index < -0.39 is 0 Å². The maximum absolute atomic E-state index is 12.5. The van der Waals surface area contributed by atoms with Crippen LogP contribution in [0.15, 0.2) is 41.8 Å². The van der Waals surface area contributed by atoms with E-state index in [1.165, 1.54) is 0 Å². The number of oxime groups is 1.